The lowest BCUT2D eigenvalue weighted by Crippen LogP contribution is -2.38. The summed E-state index contributed by atoms with van der Waals surface area (Å²) in [6.45, 7) is 0.209. The van der Waals surface area contributed by atoms with Gasteiger partial charge in [0.1, 0.15) is 0 Å². The van der Waals surface area contributed by atoms with E-state index in [0.29, 0.717) is 17.3 Å². The van der Waals surface area contributed by atoms with Gasteiger partial charge in [0.25, 0.3) is 11.5 Å². The average Bonchev–Trinajstić information content (AvgIpc) is 2.74. The summed E-state index contributed by atoms with van der Waals surface area (Å²) in [6, 6.07) is 14.4. The van der Waals surface area contributed by atoms with Gasteiger partial charge in [0.2, 0.25) is 0 Å². The summed E-state index contributed by atoms with van der Waals surface area (Å²) in [7, 11) is 1.47. The van der Waals surface area contributed by atoms with Crippen LogP contribution in [0.5, 0.6) is 0 Å². The third-order valence-electron chi connectivity index (χ3n) is 4.89. The van der Waals surface area contributed by atoms with Crippen molar-refractivity contribution in [3.63, 3.8) is 0 Å². The third kappa shape index (κ3) is 3.15. The molecule has 0 saturated carbocycles. The molecule has 1 aliphatic heterocycles. The van der Waals surface area contributed by atoms with Crippen LogP contribution in [0.25, 0.3) is 10.8 Å². The second-order valence-corrected chi connectivity index (χ2v) is 6.68. The number of aromatic nitrogens is 2. The van der Waals surface area contributed by atoms with Gasteiger partial charge < -0.3 is 9.64 Å². The first-order valence-electron chi connectivity index (χ1n) is 9.07. The molecule has 142 valence electrons. The van der Waals surface area contributed by atoms with Gasteiger partial charge in [0.15, 0.2) is 12.3 Å². The van der Waals surface area contributed by atoms with Crippen LogP contribution in [0.1, 0.15) is 22.5 Å². The molecule has 0 radical (unpaired) electrons. The molecule has 0 N–H and O–H groups in total. The minimum atomic E-state index is -0.731. The lowest BCUT2D eigenvalue weighted by atomic mass is 10.0. The molecule has 0 bridgehead atoms. The van der Waals surface area contributed by atoms with Gasteiger partial charge in [-0.3, -0.25) is 9.59 Å². The number of rotatable bonds is 3. The van der Waals surface area contributed by atoms with Crippen molar-refractivity contribution in [2.45, 2.75) is 12.8 Å². The smallest absolute Gasteiger partial charge is 0.359 e. The molecule has 2 heterocycles. The summed E-state index contributed by atoms with van der Waals surface area (Å²) in [5.41, 5.74) is 1.69. The Labute approximate surface area is 161 Å². The zero-order valence-electron chi connectivity index (χ0n) is 15.4. The molecule has 1 aromatic heterocycles. The second kappa shape index (κ2) is 7.26. The first kappa shape index (κ1) is 17.9. The average molecular weight is 377 g/mol. The molecule has 28 heavy (non-hydrogen) atoms. The molecular weight excluding hydrogens is 358 g/mol. The molecule has 0 atom stereocenters. The van der Waals surface area contributed by atoms with E-state index in [2.05, 4.69) is 5.10 Å². The van der Waals surface area contributed by atoms with E-state index in [-0.39, 0.29) is 23.8 Å². The number of ether oxygens (including phenoxy) is 1. The number of hydrogen-bond acceptors (Lipinski definition) is 5. The number of carbonyl (C=O) groups excluding carboxylic acids is 2. The highest BCUT2D eigenvalue weighted by Gasteiger charge is 2.24. The van der Waals surface area contributed by atoms with Gasteiger partial charge in [-0.25, -0.2) is 9.48 Å². The molecule has 0 aliphatic carbocycles. The van der Waals surface area contributed by atoms with E-state index in [0.717, 1.165) is 28.8 Å². The number of amides is 1. The molecule has 0 unspecified atom stereocenters. The Morgan fingerprint density at radius 2 is 1.79 bits per heavy atom. The zero-order valence-corrected chi connectivity index (χ0v) is 15.4. The molecule has 4 rings (SSSR count). The van der Waals surface area contributed by atoms with Gasteiger partial charge in [-0.05, 0) is 30.5 Å². The second-order valence-electron chi connectivity index (χ2n) is 6.68. The van der Waals surface area contributed by atoms with E-state index in [4.69, 9.17) is 4.74 Å². The first-order valence-corrected chi connectivity index (χ1v) is 9.07. The zero-order chi connectivity index (χ0) is 19.7. The Kier molecular flexibility index (Phi) is 4.65. The van der Waals surface area contributed by atoms with Crippen molar-refractivity contribution in [2.24, 2.45) is 7.05 Å². The van der Waals surface area contributed by atoms with Crippen LogP contribution in [-0.2, 0) is 23.0 Å². The number of esters is 1. The Bertz CT molecular complexity index is 1140. The quantitative estimate of drug-likeness (QED) is 0.653. The number of hydrogen-bond donors (Lipinski definition) is 0. The molecule has 3 aromatic rings. The van der Waals surface area contributed by atoms with Crippen molar-refractivity contribution >= 4 is 28.3 Å². The number of aryl methyl sites for hydroxylation is 2. The molecule has 0 saturated heterocycles. The topological polar surface area (TPSA) is 81.5 Å². The van der Waals surface area contributed by atoms with Crippen molar-refractivity contribution < 1.29 is 14.3 Å². The number of fused-ring (bicyclic) bond motifs is 2. The summed E-state index contributed by atoms with van der Waals surface area (Å²) in [4.78, 5) is 39.1. The standard InChI is InChI=1S/C21H19N3O4/c1-23-20(26)16-10-4-3-9-15(16)19(22-23)21(27)28-13-18(25)24-12-6-8-14-7-2-5-11-17(14)24/h2-5,7,9-11H,6,8,12-13H2,1H3. The van der Waals surface area contributed by atoms with Crippen LogP contribution in [-0.4, -0.2) is 34.8 Å². The Balaban J connectivity index is 1.55. The van der Waals surface area contributed by atoms with E-state index in [9.17, 15) is 14.4 Å². The SMILES string of the molecule is Cn1nc(C(=O)OCC(=O)N2CCCc3ccccc32)c2ccccc2c1=O. The maximum absolute atomic E-state index is 12.7. The van der Waals surface area contributed by atoms with Crippen LogP contribution in [0.15, 0.2) is 53.3 Å². The summed E-state index contributed by atoms with van der Waals surface area (Å²) >= 11 is 0. The highest BCUT2D eigenvalue weighted by atomic mass is 16.5. The highest BCUT2D eigenvalue weighted by Crippen LogP contribution is 2.26. The molecule has 0 fully saturated rings. The molecular formula is C21H19N3O4. The van der Waals surface area contributed by atoms with Crippen molar-refractivity contribution in [1.29, 1.82) is 0 Å². The highest BCUT2D eigenvalue weighted by molar-refractivity contribution is 6.03. The normalized spacial score (nSPS) is 13.2. The lowest BCUT2D eigenvalue weighted by molar-refractivity contribution is -0.121. The fourth-order valence-corrected chi connectivity index (χ4v) is 3.52. The van der Waals surface area contributed by atoms with Crippen molar-refractivity contribution in [2.75, 3.05) is 18.1 Å². The number of anilines is 1. The molecule has 1 amide bonds. The monoisotopic (exact) mass is 377 g/mol. The number of carbonyl (C=O) groups is 2. The van der Waals surface area contributed by atoms with Gasteiger partial charge in [-0.1, -0.05) is 36.4 Å². The molecule has 2 aromatic carbocycles. The molecule has 7 nitrogen and oxygen atoms in total. The van der Waals surface area contributed by atoms with Crippen molar-refractivity contribution in [3.05, 3.63) is 70.1 Å². The van der Waals surface area contributed by atoms with Gasteiger partial charge in [-0.15, -0.1) is 0 Å². The Hall–Kier alpha value is -3.48. The number of nitrogens with zero attached hydrogens (tertiary/aromatic N) is 3. The fourth-order valence-electron chi connectivity index (χ4n) is 3.52. The van der Waals surface area contributed by atoms with Crippen LogP contribution in [0.2, 0.25) is 0 Å². The summed E-state index contributed by atoms with van der Waals surface area (Å²) < 4.78 is 6.35. The maximum atomic E-state index is 12.7. The molecule has 1 aliphatic rings. The van der Waals surface area contributed by atoms with Gasteiger partial charge in [-0.2, -0.15) is 5.10 Å². The predicted molar refractivity (Wildman–Crippen MR) is 104 cm³/mol. The summed E-state index contributed by atoms with van der Waals surface area (Å²) in [5.74, 6) is -1.01. The first-order chi connectivity index (χ1) is 13.6. The van der Waals surface area contributed by atoms with Crippen LogP contribution in [0.4, 0.5) is 5.69 Å². The van der Waals surface area contributed by atoms with E-state index < -0.39 is 5.97 Å². The predicted octanol–water partition coefficient (Wildman–Crippen LogP) is 2.07. The Morgan fingerprint density at radius 3 is 2.61 bits per heavy atom. The molecule has 7 heteroatoms. The summed E-state index contributed by atoms with van der Waals surface area (Å²) in [6.07, 6.45) is 1.79. The minimum absolute atomic E-state index is 0.0181. The largest absolute Gasteiger partial charge is 0.451 e. The summed E-state index contributed by atoms with van der Waals surface area (Å²) in [5, 5.41) is 4.82. The Morgan fingerprint density at radius 1 is 1.07 bits per heavy atom. The van der Waals surface area contributed by atoms with Crippen LogP contribution < -0.4 is 10.5 Å². The van der Waals surface area contributed by atoms with Crippen molar-refractivity contribution in [3.8, 4) is 0 Å². The van der Waals surface area contributed by atoms with E-state index in [1.54, 1.807) is 29.2 Å². The van der Waals surface area contributed by atoms with Gasteiger partial charge in [0, 0.05) is 24.7 Å². The van der Waals surface area contributed by atoms with Crippen LogP contribution in [0, 0.1) is 0 Å². The van der Waals surface area contributed by atoms with Crippen LogP contribution in [0.3, 0.4) is 0 Å². The lowest BCUT2D eigenvalue weighted by Gasteiger charge is -2.29. The van der Waals surface area contributed by atoms with E-state index in [1.807, 2.05) is 24.3 Å². The fraction of sp³-hybridized carbons (Fsp3) is 0.238. The number of para-hydroxylation sites is 1. The van der Waals surface area contributed by atoms with E-state index in [1.165, 1.54) is 7.05 Å². The third-order valence-corrected chi connectivity index (χ3v) is 4.89. The van der Waals surface area contributed by atoms with Crippen molar-refractivity contribution in [1.82, 2.24) is 9.78 Å². The maximum Gasteiger partial charge on any atom is 0.359 e. The van der Waals surface area contributed by atoms with E-state index >= 15 is 0 Å². The van der Waals surface area contributed by atoms with Gasteiger partial charge >= 0.3 is 5.97 Å². The molecule has 0 spiro atoms. The number of benzene rings is 2. The van der Waals surface area contributed by atoms with Crippen LogP contribution >= 0.6 is 0 Å². The minimum Gasteiger partial charge on any atom is -0.451 e. The van der Waals surface area contributed by atoms with Gasteiger partial charge in [0.05, 0.1) is 5.39 Å².